The number of para-hydroxylation sites is 2. The second-order valence-electron chi connectivity index (χ2n) is 5.64. The molecule has 2 N–H and O–H groups in total. The van der Waals surface area contributed by atoms with Crippen LogP contribution in [-0.4, -0.2) is 11.0 Å². The van der Waals surface area contributed by atoms with E-state index >= 15 is 0 Å². The predicted octanol–water partition coefficient (Wildman–Crippen LogP) is 4.91. The van der Waals surface area contributed by atoms with Crippen molar-refractivity contribution in [1.29, 1.82) is 0 Å². The fourth-order valence-corrected chi connectivity index (χ4v) is 2.61. The summed E-state index contributed by atoms with van der Waals surface area (Å²) in [4.78, 5) is 12.2. The van der Waals surface area contributed by atoms with Crippen molar-refractivity contribution in [2.45, 2.75) is 6.92 Å². The van der Waals surface area contributed by atoms with Crippen LogP contribution in [0.3, 0.4) is 0 Å². The minimum absolute atomic E-state index is 0.211. The molecule has 0 atom stereocenters. The van der Waals surface area contributed by atoms with E-state index in [4.69, 9.17) is 17.0 Å². The minimum Gasteiger partial charge on any atom is -0.455 e. The van der Waals surface area contributed by atoms with Gasteiger partial charge < -0.3 is 10.1 Å². The maximum absolute atomic E-state index is 12.2. The number of rotatable bonds is 4. The van der Waals surface area contributed by atoms with Gasteiger partial charge in [-0.25, -0.2) is 0 Å². The van der Waals surface area contributed by atoms with Gasteiger partial charge in [0.25, 0.3) is 5.91 Å². The van der Waals surface area contributed by atoms with E-state index in [1.807, 2.05) is 61.5 Å². The molecule has 130 valence electrons. The van der Waals surface area contributed by atoms with Crippen molar-refractivity contribution in [2.24, 2.45) is 0 Å². The molecule has 0 fully saturated rings. The Bertz CT molecular complexity index is 912. The second-order valence-corrected chi connectivity index (χ2v) is 6.05. The lowest BCUT2D eigenvalue weighted by Crippen LogP contribution is -2.34. The molecule has 0 radical (unpaired) electrons. The fraction of sp³-hybridized carbons (Fsp3) is 0.0476. The van der Waals surface area contributed by atoms with Crippen LogP contribution >= 0.6 is 12.2 Å². The maximum Gasteiger partial charge on any atom is 0.257 e. The van der Waals surface area contributed by atoms with Gasteiger partial charge in [-0.15, -0.1) is 0 Å². The molecular weight excluding hydrogens is 344 g/mol. The molecule has 0 saturated carbocycles. The Kier molecular flexibility index (Phi) is 5.61. The van der Waals surface area contributed by atoms with Crippen LogP contribution in [-0.2, 0) is 0 Å². The summed E-state index contributed by atoms with van der Waals surface area (Å²) in [6.07, 6.45) is 0. The summed E-state index contributed by atoms with van der Waals surface area (Å²) in [7, 11) is 0. The number of amides is 1. The lowest BCUT2D eigenvalue weighted by molar-refractivity contribution is 0.0977. The Labute approximate surface area is 157 Å². The summed E-state index contributed by atoms with van der Waals surface area (Å²) in [6.45, 7) is 1.95. The van der Waals surface area contributed by atoms with Gasteiger partial charge in [0.15, 0.2) is 10.9 Å². The van der Waals surface area contributed by atoms with Gasteiger partial charge in [-0.05, 0) is 55.0 Å². The number of anilines is 1. The predicted molar refractivity (Wildman–Crippen MR) is 108 cm³/mol. The number of aryl methyl sites for hydroxylation is 1. The first-order valence-electron chi connectivity index (χ1n) is 8.13. The highest BCUT2D eigenvalue weighted by atomic mass is 32.1. The van der Waals surface area contributed by atoms with Crippen molar-refractivity contribution in [3.8, 4) is 11.5 Å². The lowest BCUT2D eigenvalue weighted by Gasteiger charge is -2.16. The summed E-state index contributed by atoms with van der Waals surface area (Å²) in [5, 5.41) is 5.94. The number of carbonyl (C=O) groups excluding carboxylic acids is 1. The minimum atomic E-state index is -0.263. The van der Waals surface area contributed by atoms with Crippen LogP contribution < -0.4 is 15.4 Å². The normalized spacial score (nSPS) is 10.0. The van der Waals surface area contributed by atoms with E-state index in [1.165, 1.54) is 0 Å². The molecule has 0 aliphatic rings. The number of benzene rings is 3. The third-order valence-electron chi connectivity index (χ3n) is 3.69. The lowest BCUT2D eigenvalue weighted by atomic mass is 10.2. The highest BCUT2D eigenvalue weighted by molar-refractivity contribution is 7.80. The zero-order valence-electron chi connectivity index (χ0n) is 14.2. The van der Waals surface area contributed by atoms with Crippen molar-refractivity contribution >= 4 is 28.9 Å². The zero-order valence-corrected chi connectivity index (χ0v) is 15.0. The van der Waals surface area contributed by atoms with Crippen LogP contribution in [0.1, 0.15) is 15.9 Å². The topological polar surface area (TPSA) is 50.4 Å². The summed E-state index contributed by atoms with van der Waals surface area (Å²) in [5.41, 5.74) is 2.19. The highest BCUT2D eigenvalue weighted by Gasteiger charge is 2.12. The van der Waals surface area contributed by atoms with Crippen LogP contribution in [0.4, 0.5) is 5.69 Å². The van der Waals surface area contributed by atoms with Gasteiger partial charge in [0.1, 0.15) is 5.75 Å². The Balaban J connectivity index is 1.74. The molecule has 0 spiro atoms. The standard InChI is InChI=1S/C21H18N2O2S/c1-15-9-8-14-18(19(15)25-17-12-6-3-7-13-17)22-21(26)23-20(24)16-10-4-2-5-11-16/h2-14H,1H3,(H2,22,23,24,26). The van der Waals surface area contributed by atoms with E-state index in [9.17, 15) is 4.79 Å². The highest BCUT2D eigenvalue weighted by Crippen LogP contribution is 2.32. The molecule has 1 amide bonds. The number of hydrogen-bond acceptors (Lipinski definition) is 3. The number of thiocarbonyl (C=S) groups is 1. The molecule has 0 aromatic heterocycles. The summed E-state index contributed by atoms with van der Waals surface area (Å²) in [5.74, 6) is 1.13. The van der Waals surface area contributed by atoms with Crippen molar-refractivity contribution < 1.29 is 9.53 Å². The first-order valence-corrected chi connectivity index (χ1v) is 8.54. The van der Waals surface area contributed by atoms with E-state index in [0.717, 1.165) is 11.3 Å². The quantitative estimate of drug-likeness (QED) is 0.647. The molecule has 26 heavy (non-hydrogen) atoms. The smallest absolute Gasteiger partial charge is 0.257 e. The van der Waals surface area contributed by atoms with E-state index in [-0.39, 0.29) is 11.0 Å². The van der Waals surface area contributed by atoms with Crippen molar-refractivity contribution in [1.82, 2.24) is 5.32 Å². The molecule has 0 aliphatic carbocycles. The van der Waals surface area contributed by atoms with E-state index < -0.39 is 0 Å². The van der Waals surface area contributed by atoms with Gasteiger partial charge >= 0.3 is 0 Å². The molecule has 0 heterocycles. The molecule has 3 aromatic carbocycles. The summed E-state index contributed by atoms with van der Waals surface area (Å²) < 4.78 is 6.00. The molecule has 0 aliphatic heterocycles. The van der Waals surface area contributed by atoms with E-state index in [2.05, 4.69) is 10.6 Å². The molecule has 0 bridgehead atoms. The largest absolute Gasteiger partial charge is 0.455 e. The van der Waals surface area contributed by atoms with Crippen LogP contribution in [0.2, 0.25) is 0 Å². The molecule has 3 rings (SSSR count). The number of carbonyl (C=O) groups is 1. The van der Waals surface area contributed by atoms with Crippen LogP contribution in [0.5, 0.6) is 11.5 Å². The summed E-state index contributed by atoms with van der Waals surface area (Å²) in [6, 6.07) is 24.1. The first-order chi connectivity index (χ1) is 12.6. The third-order valence-corrected chi connectivity index (χ3v) is 3.89. The Morgan fingerprint density at radius 1 is 0.885 bits per heavy atom. The monoisotopic (exact) mass is 362 g/mol. The fourth-order valence-electron chi connectivity index (χ4n) is 2.41. The molecule has 0 saturated heterocycles. The van der Waals surface area contributed by atoms with Gasteiger partial charge in [0, 0.05) is 5.56 Å². The Morgan fingerprint density at radius 2 is 1.54 bits per heavy atom. The SMILES string of the molecule is Cc1cccc(NC(=S)NC(=O)c2ccccc2)c1Oc1ccccc1. The average molecular weight is 362 g/mol. The van der Waals surface area contributed by atoms with Crippen molar-refractivity contribution in [3.05, 3.63) is 90.0 Å². The Hall–Kier alpha value is -3.18. The summed E-state index contributed by atoms with van der Waals surface area (Å²) >= 11 is 5.28. The Morgan fingerprint density at radius 3 is 2.23 bits per heavy atom. The third kappa shape index (κ3) is 4.46. The molecule has 5 heteroatoms. The number of ether oxygens (including phenoxy) is 1. The van der Waals surface area contributed by atoms with Gasteiger partial charge in [-0.3, -0.25) is 10.1 Å². The molecule has 4 nitrogen and oxygen atoms in total. The number of hydrogen-bond donors (Lipinski definition) is 2. The average Bonchev–Trinajstić information content (AvgIpc) is 2.66. The van der Waals surface area contributed by atoms with E-state index in [1.54, 1.807) is 24.3 Å². The maximum atomic E-state index is 12.2. The van der Waals surface area contributed by atoms with Crippen LogP contribution in [0.15, 0.2) is 78.9 Å². The van der Waals surface area contributed by atoms with Gasteiger partial charge in [-0.2, -0.15) is 0 Å². The van der Waals surface area contributed by atoms with Crippen LogP contribution in [0.25, 0.3) is 0 Å². The first kappa shape index (κ1) is 17.6. The van der Waals surface area contributed by atoms with Crippen molar-refractivity contribution in [2.75, 3.05) is 5.32 Å². The van der Waals surface area contributed by atoms with Gasteiger partial charge in [-0.1, -0.05) is 48.5 Å². The van der Waals surface area contributed by atoms with Gasteiger partial charge in [0.2, 0.25) is 0 Å². The van der Waals surface area contributed by atoms with Gasteiger partial charge in [0.05, 0.1) is 5.69 Å². The second kappa shape index (κ2) is 8.27. The molecular formula is C21H18N2O2S. The van der Waals surface area contributed by atoms with E-state index in [0.29, 0.717) is 17.0 Å². The zero-order chi connectivity index (χ0) is 18.4. The molecule has 0 unspecified atom stereocenters. The number of nitrogens with one attached hydrogen (secondary N) is 2. The molecule has 3 aromatic rings. The van der Waals surface area contributed by atoms with Crippen LogP contribution in [0, 0.1) is 6.92 Å². The van der Waals surface area contributed by atoms with Crippen molar-refractivity contribution in [3.63, 3.8) is 0 Å².